The first-order valence-electron chi connectivity index (χ1n) is 23.6. The Morgan fingerprint density at radius 2 is 0.870 bits per heavy atom. The van der Waals surface area contributed by atoms with Gasteiger partial charge in [0.05, 0.1) is 25.4 Å². The molecule has 0 bridgehead atoms. The highest BCUT2D eigenvalue weighted by Crippen LogP contribution is 2.15. The largest absolute Gasteiger partial charge is 0.466 e. The maximum atomic E-state index is 12.4. The molecule has 1 amide bonds. The van der Waals surface area contributed by atoms with Crippen molar-refractivity contribution < 1.29 is 24.5 Å². The van der Waals surface area contributed by atoms with E-state index in [9.17, 15) is 19.8 Å². The van der Waals surface area contributed by atoms with Crippen molar-refractivity contribution in [1.82, 2.24) is 5.32 Å². The summed E-state index contributed by atoms with van der Waals surface area (Å²) in [6, 6.07) is -0.550. The summed E-state index contributed by atoms with van der Waals surface area (Å²) >= 11 is 0. The molecule has 3 N–H and O–H groups in total. The summed E-state index contributed by atoms with van der Waals surface area (Å²) in [6.45, 7) is 4.86. The lowest BCUT2D eigenvalue weighted by atomic mass is 10.0. The number of carbonyl (C=O) groups is 2. The summed E-state index contributed by atoms with van der Waals surface area (Å²) in [4.78, 5) is 24.3. The third-order valence-corrected chi connectivity index (χ3v) is 10.7. The molecule has 0 aliphatic carbocycles. The van der Waals surface area contributed by atoms with Gasteiger partial charge in [0, 0.05) is 12.8 Å². The molecule has 0 heterocycles. The minimum absolute atomic E-state index is 0.0202. The Balaban J connectivity index is 3.47. The van der Waals surface area contributed by atoms with E-state index in [1.165, 1.54) is 141 Å². The molecule has 318 valence electrons. The zero-order valence-corrected chi connectivity index (χ0v) is 36.0. The van der Waals surface area contributed by atoms with Gasteiger partial charge >= 0.3 is 5.97 Å². The van der Waals surface area contributed by atoms with E-state index in [-0.39, 0.29) is 18.5 Å². The van der Waals surface area contributed by atoms with Gasteiger partial charge in [-0.05, 0) is 77.0 Å². The number of allylic oxidation sites excluding steroid dienone is 4. The number of esters is 1. The number of carbonyl (C=O) groups excluding carboxylic acids is 2. The molecular weight excluding hydrogens is 671 g/mol. The fourth-order valence-corrected chi connectivity index (χ4v) is 7.04. The second-order valence-corrected chi connectivity index (χ2v) is 16.1. The van der Waals surface area contributed by atoms with E-state index in [2.05, 4.69) is 43.5 Å². The van der Waals surface area contributed by atoms with Crippen molar-refractivity contribution in [3.05, 3.63) is 24.3 Å². The molecule has 0 spiro atoms. The van der Waals surface area contributed by atoms with Crippen LogP contribution in [0.4, 0.5) is 0 Å². The Morgan fingerprint density at radius 1 is 0.500 bits per heavy atom. The van der Waals surface area contributed by atoms with Crippen molar-refractivity contribution in [1.29, 1.82) is 0 Å². The molecule has 2 atom stereocenters. The van der Waals surface area contributed by atoms with Gasteiger partial charge < -0.3 is 20.3 Å². The van der Waals surface area contributed by atoms with Crippen molar-refractivity contribution in [2.45, 2.75) is 257 Å². The highest BCUT2D eigenvalue weighted by Gasteiger charge is 2.20. The maximum absolute atomic E-state index is 12.4. The molecule has 0 aliphatic heterocycles. The minimum Gasteiger partial charge on any atom is -0.466 e. The molecule has 0 saturated carbocycles. The number of unbranched alkanes of at least 4 members (excludes halogenated alkanes) is 28. The third kappa shape index (κ3) is 40.0. The van der Waals surface area contributed by atoms with Gasteiger partial charge in [-0.3, -0.25) is 9.59 Å². The molecule has 0 saturated heterocycles. The number of ether oxygens (including phenoxy) is 1. The van der Waals surface area contributed by atoms with Crippen LogP contribution in [0.1, 0.15) is 245 Å². The lowest BCUT2D eigenvalue weighted by Gasteiger charge is -2.22. The Kier molecular flexibility index (Phi) is 42.7. The number of hydrogen-bond acceptors (Lipinski definition) is 5. The van der Waals surface area contributed by atoms with E-state index < -0.39 is 12.1 Å². The Hall–Kier alpha value is -1.66. The highest BCUT2D eigenvalue weighted by atomic mass is 16.5. The first kappa shape index (κ1) is 52.3. The van der Waals surface area contributed by atoms with Crippen LogP contribution in [0.3, 0.4) is 0 Å². The molecule has 54 heavy (non-hydrogen) atoms. The first-order valence-corrected chi connectivity index (χ1v) is 23.6. The van der Waals surface area contributed by atoms with Gasteiger partial charge in [0.25, 0.3) is 0 Å². The molecule has 0 aromatic rings. The highest BCUT2D eigenvalue weighted by molar-refractivity contribution is 5.76. The van der Waals surface area contributed by atoms with Gasteiger partial charge in [-0.15, -0.1) is 0 Å². The summed E-state index contributed by atoms with van der Waals surface area (Å²) in [5.41, 5.74) is 0. The molecule has 0 radical (unpaired) electrons. The fourth-order valence-electron chi connectivity index (χ4n) is 7.04. The Bertz CT molecular complexity index is 843. The summed E-state index contributed by atoms with van der Waals surface area (Å²) in [5.74, 6) is -0.0742. The van der Waals surface area contributed by atoms with Crippen LogP contribution in [0, 0.1) is 0 Å². The predicted molar refractivity (Wildman–Crippen MR) is 232 cm³/mol. The summed E-state index contributed by atoms with van der Waals surface area (Å²) in [5, 5.41) is 23.0. The molecule has 6 nitrogen and oxygen atoms in total. The average molecular weight is 762 g/mol. The fraction of sp³-hybridized carbons (Fsp3) is 0.875. The maximum Gasteiger partial charge on any atom is 0.305 e. The van der Waals surface area contributed by atoms with Gasteiger partial charge in [-0.1, -0.05) is 179 Å². The predicted octanol–water partition coefficient (Wildman–Crippen LogP) is 13.6. The van der Waals surface area contributed by atoms with Crippen LogP contribution >= 0.6 is 0 Å². The first-order chi connectivity index (χ1) is 26.5. The van der Waals surface area contributed by atoms with Crippen LogP contribution in [-0.2, 0) is 14.3 Å². The van der Waals surface area contributed by atoms with Gasteiger partial charge in [0.2, 0.25) is 5.91 Å². The molecule has 0 aromatic heterocycles. The normalized spacial score (nSPS) is 12.9. The lowest BCUT2D eigenvalue weighted by molar-refractivity contribution is -0.143. The van der Waals surface area contributed by atoms with Gasteiger partial charge in [0.1, 0.15) is 0 Å². The Morgan fingerprint density at radius 3 is 1.33 bits per heavy atom. The molecule has 2 unspecified atom stereocenters. The zero-order valence-electron chi connectivity index (χ0n) is 36.0. The third-order valence-electron chi connectivity index (χ3n) is 10.7. The van der Waals surface area contributed by atoms with Crippen molar-refractivity contribution in [2.24, 2.45) is 0 Å². The van der Waals surface area contributed by atoms with Crippen LogP contribution in [0.25, 0.3) is 0 Å². The molecule has 0 rings (SSSR count). The summed E-state index contributed by atoms with van der Waals surface area (Å²) in [6.07, 6.45) is 50.0. The molecule has 6 heteroatoms. The Labute approximate surface area is 335 Å². The van der Waals surface area contributed by atoms with Crippen molar-refractivity contribution in [3.8, 4) is 0 Å². The monoisotopic (exact) mass is 762 g/mol. The van der Waals surface area contributed by atoms with E-state index in [1.54, 1.807) is 0 Å². The van der Waals surface area contributed by atoms with Crippen molar-refractivity contribution in [2.75, 3.05) is 13.2 Å². The summed E-state index contributed by atoms with van der Waals surface area (Å²) in [7, 11) is 0. The number of aliphatic hydroxyl groups is 2. The van der Waals surface area contributed by atoms with Crippen LogP contribution in [0.15, 0.2) is 24.3 Å². The quantitative estimate of drug-likeness (QED) is 0.0327. The molecule has 0 fully saturated rings. The van der Waals surface area contributed by atoms with E-state index in [1.807, 2.05) is 0 Å². The van der Waals surface area contributed by atoms with E-state index in [4.69, 9.17) is 4.74 Å². The van der Waals surface area contributed by atoms with E-state index in [0.29, 0.717) is 25.9 Å². The number of aliphatic hydroxyl groups excluding tert-OH is 2. The van der Waals surface area contributed by atoms with Crippen LogP contribution in [0.2, 0.25) is 0 Å². The molecule has 0 aromatic carbocycles. The van der Waals surface area contributed by atoms with Crippen molar-refractivity contribution >= 4 is 11.9 Å². The smallest absolute Gasteiger partial charge is 0.305 e. The van der Waals surface area contributed by atoms with Crippen LogP contribution in [-0.4, -0.2) is 47.4 Å². The van der Waals surface area contributed by atoms with Gasteiger partial charge in [-0.2, -0.15) is 0 Å². The second kappa shape index (κ2) is 44.1. The zero-order chi connectivity index (χ0) is 39.4. The topological polar surface area (TPSA) is 95.9 Å². The van der Waals surface area contributed by atoms with Gasteiger partial charge in [-0.25, -0.2) is 0 Å². The van der Waals surface area contributed by atoms with Crippen LogP contribution in [0.5, 0.6) is 0 Å². The van der Waals surface area contributed by atoms with E-state index in [0.717, 1.165) is 70.6 Å². The van der Waals surface area contributed by atoms with Crippen molar-refractivity contribution in [3.63, 3.8) is 0 Å². The van der Waals surface area contributed by atoms with Gasteiger partial charge in [0.15, 0.2) is 0 Å². The average Bonchev–Trinajstić information content (AvgIpc) is 3.17. The minimum atomic E-state index is -0.671. The molecule has 0 aliphatic rings. The molecular formula is C48H91NO5. The van der Waals surface area contributed by atoms with E-state index >= 15 is 0 Å². The number of nitrogens with one attached hydrogen (secondary N) is 1. The number of amides is 1. The second-order valence-electron chi connectivity index (χ2n) is 16.1. The summed E-state index contributed by atoms with van der Waals surface area (Å²) < 4.78 is 5.43. The standard InChI is InChI=1S/C48H91NO5/c1-3-5-7-9-11-13-14-18-22-26-30-34-38-42-48(53)54-43-39-35-31-27-23-20-17-15-16-19-21-25-29-33-37-41-47(52)49-45(44-50)46(51)40-36-32-28-24-12-10-8-6-4-2/h13-14,17,20,45-46,50-51H,3-12,15-16,18-19,21-44H2,1-2H3,(H,49,52)/b14-13-,20-17-. The number of hydrogen-bond donors (Lipinski definition) is 3. The van der Waals surface area contributed by atoms with Crippen LogP contribution < -0.4 is 5.32 Å². The lowest BCUT2D eigenvalue weighted by Crippen LogP contribution is -2.45. The number of rotatable bonds is 43. The SMILES string of the molecule is CCCCCC/C=C\CCCCCCCC(=O)OCCCCCC/C=C\CCCCCCCCCC(=O)NC(CO)C(O)CCCCCCCCCCC.